The van der Waals surface area contributed by atoms with Gasteiger partial charge in [-0.05, 0) is 5.41 Å². The van der Waals surface area contributed by atoms with Gasteiger partial charge in [-0.1, -0.05) is 20.8 Å². The highest BCUT2D eigenvalue weighted by molar-refractivity contribution is 5.98. The lowest BCUT2D eigenvalue weighted by Gasteiger charge is -2.52. The number of hydrogen-bond donors (Lipinski definition) is 3. The number of aliphatic hydroxyl groups is 2. The van der Waals surface area contributed by atoms with Gasteiger partial charge < -0.3 is 29.7 Å². The smallest absolute Gasteiger partial charge is 0.319 e. The van der Waals surface area contributed by atoms with E-state index in [0.29, 0.717) is 0 Å². The maximum absolute atomic E-state index is 12.9. The van der Waals surface area contributed by atoms with Crippen molar-refractivity contribution in [1.29, 1.82) is 0 Å². The molecule has 1 aliphatic carbocycles. The molecule has 0 bridgehead atoms. The number of carbonyl (C=O) groups is 4. The highest BCUT2D eigenvalue weighted by Gasteiger charge is 2.95. The Morgan fingerprint density at radius 3 is 2.44 bits per heavy atom. The third-order valence-electron chi connectivity index (χ3n) is 6.61. The molecular formula is C17H21NO9. The molecule has 4 aliphatic rings. The third-order valence-corrected chi connectivity index (χ3v) is 6.61. The van der Waals surface area contributed by atoms with Crippen LogP contribution in [-0.4, -0.2) is 64.2 Å². The fourth-order valence-corrected chi connectivity index (χ4v) is 5.73. The molecule has 0 aromatic carbocycles. The largest absolute Gasteiger partial charge is 0.458 e. The minimum atomic E-state index is -2.17. The SMILES string of the molecule is CC(=O)O[C@H]1C(=O)N[C@H]2OC(=O)[C@]34CC(=O)O[C@H]3[C@H](O)[C@@](O)(C(C)(C)C)[C@@]214. The number of rotatable bonds is 1. The van der Waals surface area contributed by atoms with Gasteiger partial charge >= 0.3 is 17.9 Å². The Morgan fingerprint density at radius 1 is 1.26 bits per heavy atom. The summed E-state index contributed by atoms with van der Waals surface area (Å²) < 4.78 is 15.8. The van der Waals surface area contributed by atoms with E-state index in [2.05, 4.69) is 5.32 Å². The van der Waals surface area contributed by atoms with E-state index >= 15 is 0 Å². The molecule has 148 valence electrons. The Hall–Kier alpha value is -2.20. The van der Waals surface area contributed by atoms with Crippen LogP contribution in [0.4, 0.5) is 0 Å². The lowest BCUT2D eigenvalue weighted by molar-refractivity contribution is -0.241. The zero-order valence-corrected chi connectivity index (χ0v) is 15.3. The van der Waals surface area contributed by atoms with Gasteiger partial charge in [0.15, 0.2) is 12.3 Å². The van der Waals surface area contributed by atoms with Crippen molar-refractivity contribution in [3.8, 4) is 0 Å². The quantitative estimate of drug-likeness (QED) is 0.358. The highest BCUT2D eigenvalue weighted by Crippen LogP contribution is 2.74. The van der Waals surface area contributed by atoms with Crippen molar-refractivity contribution in [1.82, 2.24) is 5.32 Å². The molecule has 10 heteroatoms. The van der Waals surface area contributed by atoms with Crippen LogP contribution in [0.5, 0.6) is 0 Å². The standard InChI is InChI=1S/C17H21NO9/c1-6(19)25-10-11(22)18-12-16(10)15(13(23)27-12)5-7(20)26-9(15)8(21)17(16,24)14(2,3)4/h8-10,12,21,24H,5H2,1-4H3,(H,18,22)/t8-,9-,10-,12-,15-,16+,17+/m0/s1. The topological polar surface area (TPSA) is 148 Å². The van der Waals surface area contributed by atoms with Crippen LogP contribution < -0.4 is 5.32 Å². The minimum absolute atomic E-state index is 0.505. The van der Waals surface area contributed by atoms with E-state index in [0.717, 1.165) is 6.92 Å². The Labute approximate surface area is 154 Å². The normalized spacial score (nSPS) is 47.7. The van der Waals surface area contributed by atoms with Crippen molar-refractivity contribution in [3.63, 3.8) is 0 Å². The molecule has 3 heterocycles. The van der Waals surface area contributed by atoms with E-state index in [4.69, 9.17) is 14.2 Å². The summed E-state index contributed by atoms with van der Waals surface area (Å²) in [5.41, 5.74) is -7.08. The zero-order chi connectivity index (χ0) is 20.2. The Kier molecular flexibility index (Phi) is 3.23. The van der Waals surface area contributed by atoms with Crippen LogP contribution in [0.1, 0.15) is 34.1 Å². The number of aliphatic hydroxyl groups excluding tert-OH is 1. The fourth-order valence-electron chi connectivity index (χ4n) is 5.73. The lowest BCUT2D eigenvalue weighted by atomic mass is 9.52. The maximum Gasteiger partial charge on any atom is 0.319 e. The average Bonchev–Trinajstić information content (AvgIpc) is 3.13. The van der Waals surface area contributed by atoms with Crippen LogP contribution in [0, 0.1) is 16.2 Å². The minimum Gasteiger partial charge on any atom is -0.458 e. The maximum atomic E-state index is 12.9. The molecule has 7 atom stereocenters. The highest BCUT2D eigenvalue weighted by atomic mass is 16.6. The molecule has 27 heavy (non-hydrogen) atoms. The summed E-state index contributed by atoms with van der Waals surface area (Å²) in [6.07, 6.45) is -6.68. The molecule has 3 aliphatic heterocycles. The first kappa shape index (κ1) is 18.2. The van der Waals surface area contributed by atoms with Crippen LogP contribution in [0.3, 0.4) is 0 Å². The summed E-state index contributed by atoms with van der Waals surface area (Å²) in [5, 5.41) is 25.4. The number of carbonyl (C=O) groups excluding carboxylic acids is 4. The molecule has 1 saturated carbocycles. The van der Waals surface area contributed by atoms with E-state index in [-0.39, 0.29) is 0 Å². The zero-order valence-electron chi connectivity index (χ0n) is 15.3. The van der Waals surface area contributed by atoms with E-state index < -0.39 is 76.6 Å². The fraction of sp³-hybridized carbons (Fsp3) is 0.765. The first-order chi connectivity index (χ1) is 12.4. The first-order valence-electron chi connectivity index (χ1n) is 8.64. The lowest BCUT2D eigenvalue weighted by Crippen LogP contribution is -2.68. The van der Waals surface area contributed by atoms with Crippen molar-refractivity contribution >= 4 is 23.8 Å². The van der Waals surface area contributed by atoms with Crippen molar-refractivity contribution in [3.05, 3.63) is 0 Å². The molecule has 4 rings (SSSR count). The van der Waals surface area contributed by atoms with Gasteiger partial charge in [0.2, 0.25) is 0 Å². The number of esters is 3. The van der Waals surface area contributed by atoms with E-state index in [1.165, 1.54) is 0 Å². The second-order valence-corrected chi connectivity index (χ2v) is 8.67. The first-order valence-corrected chi connectivity index (χ1v) is 8.64. The Bertz CT molecular complexity index is 788. The van der Waals surface area contributed by atoms with Crippen molar-refractivity contribution in [2.24, 2.45) is 16.2 Å². The van der Waals surface area contributed by atoms with Gasteiger partial charge in [0, 0.05) is 6.92 Å². The molecule has 3 N–H and O–H groups in total. The molecule has 0 aromatic heterocycles. The molecule has 1 amide bonds. The summed E-state index contributed by atoms with van der Waals surface area (Å²) in [4.78, 5) is 49.4. The van der Waals surface area contributed by atoms with Crippen LogP contribution in [0.25, 0.3) is 0 Å². The second kappa shape index (κ2) is 4.79. The predicted molar refractivity (Wildman–Crippen MR) is 83.4 cm³/mol. The van der Waals surface area contributed by atoms with Crippen molar-refractivity contribution in [2.75, 3.05) is 0 Å². The van der Waals surface area contributed by atoms with Crippen molar-refractivity contribution in [2.45, 2.75) is 64.3 Å². The van der Waals surface area contributed by atoms with Crippen LogP contribution in [0.15, 0.2) is 0 Å². The van der Waals surface area contributed by atoms with Crippen LogP contribution in [-0.2, 0) is 33.4 Å². The van der Waals surface area contributed by atoms with Gasteiger partial charge in [-0.25, -0.2) is 0 Å². The van der Waals surface area contributed by atoms with E-state index in [1.807, 2.05) is 0 Å². The molecule has 4 fully saturated rings. The van der Waals surface area contributed by atoms with Gasteiger partial charge in [0.05, 0.1) is 6.42 Å². The van der Waals surface area contributed by atoms with Crippen LogP contribution >= 0.6 is 0 Å². The second-order valence-electron chi connectivity index (χ2n) is 8.67. The Morgan fingerprint density at radius 2 is 1.89 bits per heavy atom. The molecular weight excluding hydrogens is 362 g/mol. The summed E-state index contributed by atoms with van der Waals surface area (Å²) in [7, 11) is 0. The number of hydrogen-bond acceptors (Lipinski definition) is 9. The number of amides is 1. The summed E-state index contributed by atoms with van der Waals surface area (Å²) in [6.45, 7) is 5.90. The predicted octanol–water partition coefficient (Wildman–Crippen LogP) is -1.63. The molecule has 2 spiro atoms. The summed E-state index contributed by atoms with van der Waals surface area (Å²) >= 11 is 0. The van der Waals surface area contributed by atoms with Gasteiger partial charge in [0.1, 0.15) is 28.6 Å². The monoisotopic (exact) mass is 383 g/mol. The van der Waals surface area contributed by atoms with Gasteiger partial charge in [-0.15, -0.1) is 0 Å². The average molecular weight is 383 g/mol. The van der Waals surface area contributed by atoms with E-state index in [1.54, 1.807) is 20.8 Å². The molecule has 3 saturated heterocycles. The number of ether oxygens (including phenoxy) is 3. The third kappa shape index (κ3) is 1.61. The van der Waals surface area contributed by atoms with Crippen LogP contribution in [0.2, 0.25) is 0 Å². The molecule has 0 radical (unpaired) electrons. The summed E-state index contributed by atoms with van der Waals surface area (Å²) in [5.74, 6) is -3.26. The molecule has 0 unspecified atom stereocenters. The number of nitrogens with one attached hydrogen (secondary N) is 1. The van der Waals surface area contributed by atoms with E-state index in [9.17, 15) is 29.4 Å². The van der Waals surface area contributed by atoms with Gasteiger partial charge in [-0.3, -0.25) is 19.2 Å². The van der Waals surface area contributed by atoms with Gasteiger partial charge in [0.25, 0.3) is 5.91 Å². The summed E-state index contributed by atoms with van der Waals surface area (Å²) in [6, 6.07) is 0. The Balaban J connectivity index is 2.08. The molecule has 10 nitrogen and oxygen atoms in total. The molecule has 0 aromatic rings. The van der Waals surface area contributed by atoms with Gasteiger partial charge in [-0.2, -0.15) is 0 Å². The van der Waals surface area contributed by atoms with Crippen molar-refractivity contribution < 1.29 is 43.6 Å².